The highest BCUT2D eigenvalue weighted by molar-refractivity contribution is 7.09. The van der Waals surface area contributed by atoms with Crippen LogP contribution in [0, 0.1) is 17.8 Å². The van der Waals surface area contributed by atoms with Crippen molar-refractivity contribution in [1.82, 2.24) is 20.1 Å². The number of likely N-dealkylation sites (N-methyl/N-ethyl adjacent to an activating group) is 1. The van der Waals surface area contributed by atoms with Gasteiger partial charge in [-0.3, -0.25) is 19.3 Å². The maximum atomic E-state index is 14.3. The van der Waals surface area contributed by atoms with Crippen LogP contribution >= 0.6 is 11.3 Å². The summed E-state index contributed by atoms with van der Waals surface area (Å²) in [5.41, 5.74) is 1.84. The number of carbonyl (C=O) groups is 3. The van der Waals surface area contributed by atoms with Gasteiger partial charge in [-0.05, 0) is 74.0 Å². The Morgan fingerprint density at radius 3 is 2.51 bits per heavy atom. The van der Waals surface area contributed by atoms with E-state index in [0.717, 1.165) is 44.2 Å². The number of thiazole rings is 1. The molecule has 280 valence electrons. The molecule has 2 amide bonds. The summed E-state index contributed by atoms with van der Waals surface area (Å²) in [5, 5.41) is 27.0. The quantitative estimate of drug-likeness (QED) is 0.169. The molecule has 2 aliphatic heterocycles. The number of ether oxygens (including phenoxy) is 1. The van der Waals surface area contributed by atoms with Crippen molar-refractivity contribution >= 4 is 34.6 Å². The van der Waals surface area contributed by atoms with Crippen LogP contribution in [0.5, 0.6) is 5.75 Å². The van der Waals surface area contributed by atoms with Gasteiger partial charge in [0.15, 0.2) is 5.78 Å². The number of aromatic hydroxyl groups is 1. The van der Waals surface area contributed by atoms with E-state index in [-0.39, 0.29) is 59.4 Å². The lowest BCUT2D eigenvalue weighted by Gasteiger charge is -2.38. The number of Topliss-reactive ketones (excluding diaryl/α,β-unsaturated/α-hetero) is 1. The number of nitrogens with zero attached hydrogens (tertiary/aromatic N) is 6. The molecule has 0 saturated carbocycles. The Balaban J connectivity index is 1.50. The van der Waals surface area contributed by atoms with Crippen LogP contribution in [-0.2, 0) is 20.7 Å². The summed E-state index contributed by atoms with van der Waals surface area (Å²) in [5.74, 6) is -0.241. The Kier molecular flexibility index (Phi) is 15.2. The van der Waals surface area contributed by atoms with E-state index in [1.165, 1.54) is 11.3 Å². The molecule has 4 rings (SSSR count). The number of phenolic OH excluding ortho intramolecular Hbond substituents is 1. The highest BCUT2D eigenvalue weighted by atomic mass is 32.1. The smallest absolute Gasteiger partial charge is 0.271 e. The number of piperidine rings is 1. The van der Waals surface area contributed by atoms with Crippen LogP contribution in [0.1, 0.15) is 107 Å². The molecule has 1 fully saturated rings. The Morgan fingerprint density at radius 1 is 1.14 bits per heavy atom. The van der Waals surface area contributed by atoms with Crippen molar-refractivity contribution in [3.05, 3.63) is 45.9 Å². The number of hydrogen-bond acceptors (Lipinski definition) is 11. The molecule has 0 unspecified atom stereocenters. The molecule has 0 aliphatic carbocycles. The molecular weight excluding hydrogens is 667 g/mol. The van der Waals surface area contributed by atoms with Gasteiger partial charge in [-0.1, -0.05) is 59.6 Å². The van der Waals surface area contributed by atoms with Gasteiger partial charge >= 0.3 is 0 Å². The molecule has 1 saturated heterocycles. The molecule has 51 heavy (non-hydrogen) atoms. The van der Waals surface area contributed by atoms with Gasteiger partial charge in [0.05, 0.1) is 17.8 Å². The Labute approximate surface area is 307 Å². The van der Waals surface area contributed by atoms with Crippen LogP contribution in [0.2, 0.25) is 0 Å². The van der Waals surface area contributed by atoms with Gasteiger partial charge in [0, 0.05) is 43.8 Å². The first kappa shape index (κ1) is 40.2. The van der Waals surface area contributed by atoms with E-state index in [9.17, 15) is 19.5 Å². The standard InChI is InChI=1S/C38H57N7O5S/c1-8-18-50-35(21-33(24(3)4)45(7)38(49)28(25(5)9-2)20-34(47)32-12-10-11-17-44(32)6)37-41-31(23-51-37)36(48)40-29(30-22-39-43-42-30)19-26-13-15-27(46)16-14-26/h13-16,23-25,28-29,32-33,35,46H,8-12,17-22H2,1-7H3,(H,40,48)/t25-,28-,29-,32+,33+,35+/m0/s1. The second-order valence-electron chi connectivity index (χ2n) is 14.5. The minimum Gasteiger partial charge on any atom is -0.508 e. The molecular formula is C38H57N7O5S. The van der Waals surface area contributed by atoms with Crippen molar-refractivity contribution in [3.63, 3.8) is 0 Å². The number of rotatable bonds is 19. The van der Waals surface area contributed by atoms with E-state index < -0.39 is 18.1 Å². The molecule has 2 aromatic rings. The van der Waals surface area contributed by atoms with Crippen molar-refractivity contribution in [1.29, 1.82) is 0 Å². The predicted molar refractivity (Wildman–Crippen MR) is 200 cm³/mol. The summed E-state index contributed by atoms with van der Waals surface area (Å²) in [6.07, 6.45) is 5.39. The Hall–Kier alpha value is -3.55. The fourth-order valence-electron chi connectivity index (χ4n) is 6.97. The minimum absolute atomic E-state index is 0.00345. The van der Waals surface area contributed by atoms with E-state index >= 15 is 0 Å². The number of nitrogens with one attached hydrogen (secondary N) is 1. The lowest BCUT2D eigenvalue weighted by Crippen LogP contribution is -2.48. The number of benzene rings is 1. The molecule has 2 aliphatic rings. The summed E-state index contributed by atoms with van der Waals surface area (Å²) in [6.45, 7) is 12.1. The highest BCUT2D eigenvalue weighted by Gasteiger charge is 2.37. The minimum atomic E-state index is -0.455. The van der Waals surface area contributed by atoms with Crippen molar-refractivity contribution < 1.29 is 24.2 Å². The van der Waals surface area contributed by atoms with Crippen molar-refractivity contribution in [2.75, 3.05) is 33.8 Å². The molecule has 0 bridgehead atoms. The maximum Gasteiger partial charge on any atom is 0.271 e. The average Bonchev–Trinajstić information content (AvgIpc) is 3.84. The molecule has 0 radical (unpaired) electrons. The number of likely N-dealkylation sites (tertiary alicyclic amines) is 1. The lowest BCUT2D eigenvalue weighted by atomic mass is 9.83. The van der Waals surface area contributed by atoms with E-state index in [0.29, 0.717) is 36.7 Å². The van der Waals surface area contributed by atoms with Crippen molar-refractivity contribution in [2.45, 2.75) is 110 Å². The maximum absolute atomic E-state index is 14.3. The summed E-state index contributed by atoms with van der Waals surface area (Å²) < 4.78 is 6.37. The third-order valence-electron chi connectivity index (χ3n) is 10.4. The fourth-order valence-corrected chi connectivity index (χ4v) is 7.83. The summed E-state index contributed by atoms with van der Waals surface area (Å²) >= 11 is 1.37. The first-order valence-corrected chi connectivity index (χ1v) is 19.4. The van der Waals surface area contributed by atoms with Crippen LogP contribution in [0.15, 0.2) is 45.1 Å². The number of phenols is 1. The Morgan fingerprint density at radius 2 is 1.88 bits per heavy atom. The molecule has 1 aromatic heterocycles. The molecule has 12 nitrogen and oxygen atoms in total. The second kappa shape index (κ2) is 19.3. The zero-order chi connectivity index (χ0) is 37.1. The second-order valence-corrected chi connectivity index (χ2v) is 15.3. The largest absolute Gasteiger partial charge is 0.508 e. The first-order valence-electron chi connectivity index (χ1n) is 18.5. The van der Waals surface area contributed by atoms with Crippen LogP contribution in [0.4, 0.5) is 0 Å². The van der Waals surface area contributed by atoms with E-state index in [4.69, 9.17) is 9.72 Å². The van der Waals surface area contributed by atoms with Gasteiger partial charge in [0.25, 0.3) is 5.91 Å². The summed E-state index contributed by atoms with van der Waals surface area (Å²) in [7, 11) is 3.87. The van der Waals surface area contributed by atoms with E-state index in [1.807, 2.05) is 25.9 Å². The topological polar surface area (TPSA) is 149 Å². The number of amides is 2. The molecule has 6 atom stereocenters. The zero-order valence-corrected chi connectivity index (χ0v) is 32.2. The summed E-state index contributed by atoms with van der Waals surface area (Å²) in [6, 6.07) is 6.08. The fraction of sp³-hybridized carbons (Fsp3) is 0.658. The molecule has 0 spiro atoms. The van der Waals surface area contributed by atoms with Gasteiger partial charge in [0.1, 0.15) is 29.1 Å². The molecule has 13 heteroatoms. The van der Waals surface area contributed by atoms with Gasteiger partial charge in [-0.25, -0.2) is 4.98 Å². The summed E-state index contributed by atoms with van der Waals surface area (Å²) in [4.78, 5) is 50.2. The monoisotopic (exact) mass is 723 g/mol. The van der Waals surface area contributed by atoms with Gasteiger partial charge in [-0.2, -0.15) is 5.11 Å². The highest BCUT2D eigenvalue weighted by Crippen LogP contribution is 2.33. The predicted octanol–water partition coefficient (Wildman–Crippen LogP) is 6.46. The third-order valence-corrected chi connectivity index (χ3v) is 11.3. The Bertz CT molecular complexity index is 1510. The van der Waals surface area contributed by atoms with Gasteiger partial charge in [-0.15, -0.1) is 16.4 Å². The van der Waals surface area contributed by atoms with Gasteiger partial charge in [0.2, 0.25) is 5.91 Å². The number of aromatic nitrogens is 1. The van der Waals surface area contributed by atoms with E-state index in [1.54, 1.807) is 29.6 Å². The third kappa shape index (κ3) is 11.0. The number of carbonyl (C=O) groups excluding carboxylic acids is 3. The van der Waals surface area contributed by atoms with Crippen molar-refractivity contribution in [3.8, 4) is 5.75 Å². The molecule has 1 aromatic carbocycles. The molecule has 2 N–H and O–H groups in total. The van der Waals surface area contributed by atoms with Crippen LogP contribution in [-0.4, -0.2) is 95.1 Å². The SMILES string of the molecule is CCCO[C@H](C[C@H](C(C)C)N(C)C(=O)[C@@H](CC(=O)[C@H]1CCCCN1C)[C@@H](C)CC)c1nc(C(=O)N[C@@H](Cc2ccc(O)cc2)C2=NN=NC2)cs1. The lowest BCUT2D eigenvalue weighted by molar-refractivity contribution is -0.143. The normalized spacial score (nSPS) is 19.3. The van der Waals surface area contributed by atoms with Crippen LogP contribution in [0.25, 0.3) is 0 Å². The first-order chi connectivity index (χ1) is 24.4. The zero-order valence-electron chi connectivity index (χ0n) is 31.4. The molecule has 3 heterocycles. The van der Waals surface area contributed by atoms with Gasteiger partial charge < -0.3 is 20.1 Å². The average molecular weight is 724 g/mol. The van der Waals surface area contributed by atoms with Crippen LogP contribution < -0.4 is 5.32 Å². The van der Waals surface area contributed by atoms with E-state index in [2.05, 4.69) is 53.4 Å². The number of ketones is 1. The van der Waals surface area contributed by atoms with Crippen molar-refractivity contribution in [2.24, 2.45) is 33.2 Å². The van der Waals surface area contributed by atoms with Crippen LogP contribution in [0.3, 0.4) is 0 Å². The number of hydrogen-bond donors (Lipinski definition) is 2.